The van der Waals surface area contributed by atoms with Gasteiger partial charge in [-0.15, -0.1) is 0 Å². The summed E-state index contributed by atoms with van der Waals surface area (Å²) in [6, 6.07) is 8.56. The first kappa shape index (κ1) is 14.3. The van der Waals surface area contributed by atoms with Crippen LogP contribution in [0.15, 0.2) is 42.6 Å². The van der Waals surface area contributed by atoms with Crippen molar-refractivity contribution in [2.24, 2.45) is 0 Å². The molecule has 0 aliphatic rings. The van der Waals surface area contributed by atoms with E-state index in [1.807, 2.05) is 0 Å². The minimum absolute atomic E-state index is 0.246. The molecule has 0 fully saturated rings. The van der Waals surface area contributed by atoms with Crippen LogP contribution in [0.4, 0.5) is 15.9 Å². The smallest absolute Gasteiger partial charge is 0.247 e. The van der Waals surface area contributed by atoms with Gasteiger partial charge in [-0.05, 0) is 43.3 Å². The van der Waals surface area contributed by atoms with Gasteiger partial charge in [0.2, 0.25) is 5.91 Å². The number of aromatic nitrogens is 1. The number of carbonyl (C=O) groups is 1. The molecule has 1 aromatic heterocycles. The first-order chi connectivity index (χ1) is 9.54. The van der Waals surface area contributed by atoms with Crippen LogP contribution in [0.3, 0.4) is 0 Å². The van der Waals surface area contributed by atoms with Crippen molar-refractivity contribution in [1.82, 2.24) is 4.98 Å². The van der Waals surface area contributed by atoms with Gasteiger partial charge in [-0.3, -0.25) is 4.79 Å². The number of carbonyl (C=O) groups excluding carboxylic acids is 1. The molecule has 0 saturated heterocycles. The van der Waals surface area contributed by atoms with Crippen LogP contribution in [0.5, 0.6) is 0 Å². The van der Waals surface area contributed by atoms with Gasteiger partial charge in [0.25, 0.3) is 0 Å². The normalized spacial score (nSPS) is 11.8. The monoisotopic (exact) mass is 293 g/mol. The summed E-state index contributed by atoms with van der Waals surface area (Å²) in [5.41, 5.74) is 0.665. The second kappa shape index (κ2) is 6.34. The Kier molecular flexibility index (Phi) is 4.53. The predicted octanol–water partition coefficient (Wildman–Crippen LogP) is 3.31. The second-order valence-corrected chi connectivity index (χ2v) is 4.66. The fourth-order valence-electron chi connectivity index (χ4n) is 1.55. The van der Waals surface area contributed by atoms with Crippen molar-refractivity contribution >= 4 is 29.0 Å². The third kappa shape index (κ3) is 3.93. The van der Waals surface area contributed by atoms with E-state index in [2.05, 4.69) is 15.6 Å². The summed E-state index contributed by atoms with van der Waals surface area (Å²) in [5, 5.41) is 6.12. The third-order valence-electron chi connectivity index (χ3n) is 2.60. The summed E-state index contributed by atoms with van der Waals surface area (Å²) in [6.07, 6.45) is 1.45. The highest BCUT2D eigenvalue weighted by Crippen LogP contribution is 2.12. The number of amides is 1. The first-order valence-electron chi connectivity index (χ1n) is 5.99. The van der Waals surface area contributed by atoms with Crippen molar-refractivity contribution in [1.29, 1.82) is 0 Å². The quantitative estimate of drug-likeness (QED) is 0.909. The van der Waals surface area contributed by atoms with Crippen molar-refractivity contribution in [3.63, 3.8) is 0 Å². The number of nitrogens with zero attached hydrogens (tertiary/aromatic N) is 1. The molecule has 0 saturated carbocycles. The Labute approximate surface area is 121 Å². The molecule has 1 amide bonds. The minimum atomic E-state index is -0.488. The van der Waals surface area contributed by atoms with E-state index >= 15 is 0 Å². The van der Waals surface area contributed by atoms with Crippen LogP contribution in [-0.2, 0) is 4.79 Å². The number of pyridine rings is 1. The third-order valence-corrected chi connectivity index (χ3v) is 2.82. The van der Waals surface area contributed by atoms with Gasteiger partial charge in [0.1, 0.15) is 17.7 Å². The zero-order valence-corrected chi connectivity index (χ0v) is 11.5. The predicted molar refractivity (Wildman–Crippen MR) is 77.4 cm³/mol. The van der Waals surface area contributed by atoms with Crippen LogP contribution < -0.4 is 10.6 Å². The SMILES string of the molecule is C[C@@H](Nc1ccc(F)cc1)C(=O)Nc1ccc(Cl)cn1. The second-order valence-electron chi connectivity index (χ2n) is 4.22. The zero-order valence-electron chi connectivity index (χ0n) is 10.7. The lowest BCUT2D eigenvalue weighted by Gasteiger charge is -2.14. The lowest BCUT2D eigenvalue weighted by atomic mass is 10.2. The van der Waals surface area contributed by atoms with Crippen LogP contribution in [-0.4, -0.2) is 16.9 Å². The van der Waals surface area contributed by atoms with Crippen LogP contribution in [0.2, 0.25) is 5.02 Å². The van der Waals surface area contributed by atoms with Gasteiger partial charge in [-0.2, -0.15) is 0 Å². The number of rotatable bonds is 4. The molecule has 20 heavy (non-hydrogen) atoms. The van der Waals surface area contributed by atoms with Crippen LogP contribution in [0.25, 0.3) is 0 Å². The Morgan fingerprint density at radius 2 is 1.95 bits per heavy atom. The molecule has 0 spiro atoms. The molecule has 0 unspecified atom stereocenters. The zero-order chi connectivity index (χ0) is 14.5. The Morgan fingerprint density at radius 3 is 2.55 bits per heavy atom. The van der Waals surface area contributed by atoms with Crippen LogP contribution in [0.1, 0.15) is 6.92 Å². The Balaban J connectivity index is 1.94. The van der Waals surface area contributed by atoms with Crippen molar-refractivity contribution in [2.75, 3.05) is 10.6 Å². The van der Waals surface area contributed by atoms with Gasteiger partial charge in [0.05, 0.1) is 5.02 Å². The number of hydrogen-bond donors (Lipinski definition) is 2. The van der Waals surface area contributed by atoms with Crippen molar-refractivity contribution < 1.29 is 9.18 Å². The molecule has 0 aliphatic heterocycles. The summed E-state index contributed by atoms with van der Waals surface area (Å²) < 4.78 is 12.8. The van der Waals surface area contributed by atoms with Gasteiger partial charge in [0, 0.05) is 11.9 Å². The molecule has 1 heterocycles. The molecule has 6 heteroatoms. The largest absolute Gasteiger partial charge is 0.374 e. The molecular weight excluding hydrogens is 281 g/mol. The fourth-order valence-corrected chi connectivity index (χ4v) is 1.66. The number of nitrogens with one attached hydrogen (secondary N) is 2. The molecule has 4 nitrogen and oxygen atoms in total. The summed E-state index contributed by atoms with van der Waals surface area (Å²) in [4.78, 5) is 15.9. The topological polar surface area (TPSA) is 54.0 Å². The number of halogens is 2. The Bertz CT molecular complexity index is 586. The van der Waals surface area contributed by atoms with Gasteiger partial charge >= 0.3 is 0 Å². The molecule has 0 bridgehead atoms. The maximum atomic E-state index is 12.8. The molecule has 0 aliphatic carbocycles. The van der Waals surface area contributed by atoms with Crippen LogP contribution in [0, 0.1) is 5.82 Å². The Hall–Kier alpha value is -2.14. The van der Waals surface area contributed by atoms with Gasteiger partial charge < -0.3 is 10.6 Å². The molecule has 0 radical (unpaired) electrons. The first-order valence-corrected chi connectivity index (χ1v) is 6.37. The number of benzene rings is 1. The summed E-state index contributed by atoms with van der Waals surface area (Å²) in [7, 11) is 0. The standard InChI is InChI=1S/C14H13ClFN3O/c1-9(18-12-5-3-11(16)4-6-12)14(20)19-13-7-2-10(15)8-17-13/h2-9,18H,1H3,(H,17,19,20)/t9-/m1/s1. The highest BCUT2D eigenvalue weighted by atomic mass is 35.5. The number of hydrogen-bond acceptors (Lipinski definition) is 3. The van der Waals surface area contributed by atoms with E-state index in [1.165, 1.54) is 18.3 Å². The average Bonchev–Trinajstić information content (AvgIpc) is 2.44. The lowest BCUT2D eigenvalue weighted by Crippen LogP contribution is -2.32. The average molecular weight is 294 g/mol. The van der Waals surface area contributed by atoms with E-state index in [1.54, 1.807) is 31.2 Å². The van der Waals surface area contributed by atoms with Crippen LogP contribution >= 0.6 is 11.6 Å². The van der Waals surface area contributed by atoms with E-state index in [0.717, 1.165) is 0 Å². The van der Waals surface area contributed by atoms with E-state index in [-0.39, 0.29) is 11.7 Å². The summed E-state index contributed by atoms with van der Waals surface area (Å²) in [6.45, 7) is 1.70. The molecule has 104 valence electrons. The maximum absolute atomic E-state index is 12.8. The highest BCUT2D eigenvalue weighted by molar-refractivity contribution is 6.30. The van der Waals surface area contributed by atoms with E-state index in [9.17, 15) is 9.18 Å². The molecule has 2 aromatic rings. The fraction of sp³-hybridized carbons (Fsp3) is 0.143. The van der Waals surface area contributed by atoms with Gasteiger partial charge in [-0.25, -0.2) is 9.37 Å². The highest BCUT2D eigenvalue weighted by Gasteiger charge is 2.13. The molecule has 1 atom stereocenters. The molecule has 2 N–H and O–H groups in total. The Morgan fingerprint density at radius 1 is 1.25 bits per heavy atom. The minimum Gasteiger partial charge on any atom is -0.374 e. The van der Waals surface area contributed by atoms with E-state index < -0.39 is 6.04 Å². The molecule has 1 aromatic carbocycles. The van der Waals surface area contributed by atoms with Gasteiger partial charge in [-0.1, -0.05) is 11.6 Å². The maximum Gasteiger partial charge on any atom is 0.247 e. The van der Waals surface area contributed by atoms with E-state index in [4.69, 9.17) is 11.6 Å². The van der Waals surface area contributed by atoms with Crippen molar-refractivity contribution in [3.8, 4) is 0 Å². The molecular formula is C14H13ClFN3O. The lowest BCUT2D eigenvalue weighted by molar-refractivity contribution is -0.116. The summed E-state index contributed by atoms with van der Waals surface area (Å²) >= 11 is 5.71. The summed E-state index contributed by atoms with van der Waals surface area (Å²) in [5.74, 6) is -0.144. The van der Waals surface area contributed by atoms with Gasteiger partial charge in [0.15, 0.2) is 0 Å². The number of anilines is 2. The van der Waals surface area contributed by atoms with E-state index in [0.29, 0.717) is 16.5 Å². The van der Waals surface area contributed by atoms with Crippen molar-refractivity contribution in [2.45, 2.75) is 13.0 Å². The van der Waals surface area contributed by atoms with Crippen molar-refractivity contribution in [3.05, 3.63) is 53.4 Å². The molecule has 2 rings (SSSR count).